The number of nitrogens with one attached hydrogen (secondary N) is 1. The second-order valence-corrected chi connectivity index (χ2v) is 5.12. The number of likely N-dealkylation sites (N-methyl/N-ethyl adjacent to an activating group) is 1. The Morgan fingerprint density at radius 1 is 1.29 bits per heavy atom. The number of likely N-dealkylation sites (tertiary alicyclic amines) is 1. The van der Waals surface area contributed by atoms with Gasteiger partial charge in [-0.05, 0) is 24.4 Å². The highest BCUT2D eigenvalue weighted by Gasteiger charge is 2.44. The van der Waals surface area contributed by atoms with Crippen LogP contribution in [0.5, 0.6) is 0 Å². The third kappa shape index (κ3) is 1.75. The van der Waals surface area contributed by atoms with Crippen LogP contribution in [-0.4, -0.2) is 37.0 Å². The summed E-state index contributed by atoms with van der Waals surface area (Å²) < 4.78 is 0. The van der Waals surface area contributed by atoms with E-state index >= 15 is 0 Å². The number of hydrogen-bond acceptors (Lipinski definition) is 2. The van der Waals surface area contributed by atoms with E-state index in [4.69, 9.17) is 0 Å². The van der Waals surface area contributed by atoms with E-state index in [0.29, 0.717) is 11.8 Å². The Labute approximate surface area is 102 Å². The largest absolute Gasteiger partial charge is 0.344 e. The van der Waals surface area contributed by atoms with Crippen molar-refractivity contribution in [3.05, 3.63) is 35.9 Å². The van der Waals surface area contributed by atoms with E-state index in [2.05, 4.69) is 29.6 Å². The van der Waals surface area contributed by atoms with Gasteiger partial charge in [0, 0.05) is 19.5 Å². The number of hydrogen-bond donors (Lipinski definition) is 1. The molecular weight excluding hydrogens is 212 g/mol. The van der Waals surface area contributed by atoms with Gasteiger partial charge in [-0.2, -0.15) is 0 Å². The minimum absolute atomic E-state index is 0.0407. The summed E-state index contributed by atoms with van der Waals surface area (Å²) in [5.41, 5.74) is 1.37. The topological polar surface area (TPSA) is 32.3 Å². The highest BCUT2D eigenvalue weighted by molar-refractivity contribution is 5.83. The molecule has 3 nitrogen and oxygen atoms in total. The van der Waals surface area contributed by atoms with Gasteiger partial charge in [0.05, 0.1) is 6.04 Å². The van der Waals surface area contributed by atoms with Crippen LogP contribution in [-0.2, 0) is 4.79 Å². The maximum absolute atomic E-state index is 12.0. The van der Waals surface area contributed by atoms with Crippen molar-refractivity contribution in [3.8, 4) is 0 Å². The first kappa shape index (κ1) is 10.8. The molecule has 2 heterocycles. The van der Waals surface area contributed by atoms with Gasteiger partial charge in [-0.1, -0.05) is 30.3 Å². The molecule has 0 bridgehead atoms. The first-order valence-electron chi connectivity index (χ1n) is 6.30. The van der Waals surface area contributed by atoms with Gasteiger partial charge in [0.2, 0.25) is 5.91 Å². The number of nitrogens with zero attached hydrogens (tertiary/aromatic N) is 1. The lowest BCUT2D eigenvalue weighted by molar-refractivity contribution is -0.136. The molecule has 2 saturated heterocycles. The number of amides is 1. The third-order valence-corrected chi connectivity index (χ3v) is 4.13. The SMILES string of the molecule is CN1CC(c2ccccc2)C2CCNC2C1=O. The molecule has 3 unspecified atom stereocenters. The van der Waals surface area contributed by atoms with Crippen molar-refractivity contribution < 1.29 is 4.79 Å². The van der Waals surface area contributed by atoms with Crippen LogP contribution in [0.4, 0.5) is 0 Å². The standard InChI is InChI=1S/C14H18N2O/c1-16-9-12(10-5-3-2-4-6-10)11-7-8-15-13(11)14(16)17/h2-6,11-13,15H,7-9H2,1H3. The summed E-state index contributed by atoms with van der Waals surface area (Å²) >= 11 is 0. The summed E-state index contributed by atoms with van der Waals surface area (Å²) in [5.74, 6) is 1.22. The Kier molecular flexibility index (Phi) is 2.63. The Bertz CT molecular complexity index is 417. The van der Waals surface area contributed by atoms with E-state index in [1.54, 1.807) is 0 Å². The molecule has 17 heavy (non-hydrogen) atoms. The van der Waals surface area contributed by atoms with Gasteiger partial charge in [-0.3, -0.25) is 4.79 Å². The molecule has 0 aromatic heterocycles. The average Bonchev–Trinajstić information content (AvgIpc) is 2.84. The van der Waals surface area contributed by atoms with Gasteiger partial charge in [0.1, 0.15) is 0 Å². The van der Waals surface area contributed by atoms with E-state index in [1.165, 1.54) is 5.56 Å². The monoisotopic (exact) mass is 230 g/mol. The van der Waals surface area contributed by atoms with Crippen LogP contribution in [0, 0.1) is 5.92 Å². The summed E-state index contributed by atoms with van der Waals surface area (Å²) in [6.45, 7) is 1.82. The molecule has 2 aliphatic rings. The lowest BCUT2D eigenvalue weighted by Crippen LogP contribution is -2.52. The van der Waals surface area contributed by atoms with Crippen LogP contribution in [0.3, 0.4) is 0 Å². The second kappa shape index (κ2) is 4.15. The van der Waals surface area contributed by atoms with Crippen LogP contribution >= 0.6 is 0 Å². The van der Waals surface area contributed by atoms with Crippen molar-refractivity contribution in [1.29, 1.82) is 0 Å². The lowest BCUT2D eigenvalue weighted by Gasteiger charge is -2.38. The van der Waals surface area contributed by atoms with Crippen molar-refractivity contribution in [2.24, 2.45) is 5.92 Å². The zero-order valence-corrected chi connectivity index (χ0v) is 10.1. The number of piperidine rings is 1. The van der Waals surface area contributed by atoms with Crippen molar-refractivity contribution in [2.75, 3.05) is 20.1 Å². The van der Waals surface area contributed by atoms with Crippen molar-refractivity contribution in [3.63, 3.8) is 0 Å². The highest BCUT2D eigenvalue weighted by atomic mass is 16.2. The van der Waals surface area contributed by atoms with E-state index in [0.717, 1.165) is 19.5 Å². The van der Waals surface area contributed by atoms with Crippen LogP contribution in [0.25, 0.3) is 0 Å². The first-order valence-corrected chi connectivity index (χ1v) is 6.30. The predicted octanol–water partition coefficient (Wildman–Crippen LogP) is 1.22. The Morgan fingerprint density at radius 3 is 2.82 bits per heavy atom. The van der Waals surface area contributed by atoms with E-state index in [1.807, 2.05) is 18.0 Å². The van der Waals surface area contributed by atoms with E-state index in [9.17, 15) is 4.79 Å². The number of rotatable bonds is 1. The maximum atomic E-state index is 12.0. The van der Waals surface area contributed by atoms with Crippen molar-refractivity contribution >= 4 is 5.91 Å². The summed E-state index contributed by atoms with van der Waals surface area (Å²) in [5, 5.41) is 3.35. The van der Waals surface area contributed by atoms with Gasteiger partial charge in [0.15, 0.2) is 0 Å². The predicted molar refractivity (Wildman–Crippen MR) is 66.7 cm³/mol. The molecule has 2 aliphatic heterocycles. The van der Waals surface area contributed by atoms with Crippen molar-refractivity contribution in [1.82, 2.24) is 10.2 Å². The summed E-state index contributed by atoms with van der Waals surface area (Å²) in [6, 6.07) is 10.6. The van der Waals surface area contributed by atoms with Gasteiger partial charge >= 0.3 is 0 Å². The first-order chi connectivity index (χ1) is 8.27. The maximum Gasteiger partial charge on any atom is 0.239 e. The second-order valence-electron chi connectivity index (χ2n) is 5.12. The lowest BCUT2D eigenvalue weighted by atomic mass is 9.78. The number of fused-ring (bicyclic) bond motifs is 1. The molecule has 0 radical (unpaired) electrons. The quantitative estimate of drug-likeness (QED) is 0.786. The average molecular weight is 230 g/mol. The smallest absolute Gasteiger partial charge is 0.239 e. The van der Waals surface area contributed by atoms with Gasteiger partial charge < -0.3 is 10.2 Å². The molecule has 0 spiro atoms. The molecule has 1 aromatic carbocycles. The molecule has 1 aromatic rings. The number of carbonyl (C=O) groups excluding carboxylic acids is 1. The zero-order chi connectivity index (χ0) is 11.8. The van der Waals surface area contributed by atoms with Gasteiger partial charge in [-0.25, -0.2) is 0 Å². The molecule has 1 amide bonds. The van der Waals surface area contributed by atoms with E-state index < -0.39 is 0 Å². The number of benzene rings is 1. The van der Waals surface area contributed by atoms with Gasteiger partial charge in [0.25, 0.3) is 0 Å². The Balaban J connectivity index is 1.92. The molecule has 0 saturated carbocycles. The number of carbonyl (C=O) groups is 1. The van der Waals surface area contributed by atoms with E-state index in [-0.39, 0.29) is 11.9 Å². The molecule has 3 rings (SSSR count). The molecule has 0 aliphatic carbocycles. The molecular formula is C14H18N2O. The molecule has 1 N–H and O–H groups in total. The summed E-state index contributed by atoms with van der Waals surface area (Å²) in [7, 11) is 1.91. The fraction of sp³-hybridized carbons (Fsp3) is 0.500. The Morgan fingerprint density at radius 2 is 2.06 bits per heavy atom. The highest BCUT2D eigenvalue weighted by Crippen LogP contribution is 2.37. The third-order valence-electron chi connectivity index (χ3n) is 4.13. The minimum atomic E-state index is 0.0407. The molecule has 90 valence electrons. The zero-order valence-electron chi connectivity index (χ0n) is 10.1. The van der Waals surface area contributed by atoms with Gasteiger partial charge in [-0.15, -0.1) is 0 Å². The van der Waals surface area contributed by atoms with Crippen molar-refractivity contribution in [2.45, 2.75) is 18.4 Å². The normalized spacial score (nSPS) is 32.6. The minimum Gasteiger partial charge on any atom is -0.344 e. The fourth-order valence-corrected chi connectivity index (χ4v) is 3.24. The molecule has 3 heteroatoms. The van der Waals surface area contributed by atoms with Crippen LogP contribution < -0.4 is 5.32 Å². The molecule has 2 fully saturated rings. The van der Waals surface area contributed by atoms with Crippen LogP contribution in [0.15, 0.2) is 30.3 Å². The molecule has 3 atom stereocenters. The van der Waals surface area contributed by atoms with Crippen LogP contribution in [0.2, 0.25) is 0 Å². The summed E-state index contributed by atoms with van der Waals surface area (Å²) in [4.78, 5) is 13.9. The van der Waals surface area contributed by atoms with Crippen LogP contribution in [0.1, 0.15) is 17.9 Å². The Hall–Kier alpha value is -1.35. The summed E-state index contributed by atoms with van der Waals surface area (Å²) in [6.07, 6.45) is 1.11. The fourth-order valence-electron chi connectivity index (χ4n) is 3.24.